The quantitative estimate of drug-likeness (QED) is 0.590. The van der Waals surface area contributed by atoms with Gasteiger partial charge in [0.25, 0.3) is 0 Å². The first kappa shape index (κ1) is 19.7. The Morgan fingerprint density at radius 3 is 2.57 bits per heavy atom. The van der Waals surface area contributed by atoms with Gasteiger partial charge in [-0.25, -0.2) is 0 Å². The van der Waals surface area contributed by atoms with Crippen molar-refractivity contribution < 1.29 is 9.21 Å². The lowest BCUT2D eigenvalue weighted by Gasteiger charge is -2.21. The van der Waals surface area contributed by atoms with E-state index < -0.39 is 0 Å². The van der Waals surface area contributed by atoms with Crippen molar-refractivity contribution >= 4 is 35.3 Å². The van der Waals surface area contributed by atoms with Crippen molar-refractivity contribution in [3.8, 4) is 6.07 Å². The maximum Gasteiger partial charge on any atom is 0.312 e. The number of anilines is 1. The van der Waals surface area contributed by atoms with Gasteiger partial charge in [0.15, 0.2) is 0 Å². The van der Waals surface area contributed by atoms with Crippen LogP contribution in [-0.2, 0) is 17.9 Å². The minimum absolute atomic E-state index is 0.0498. The Morgan fingerprint density at radius 1 is 1.18 bits per heavy atom. The molecule has 0 saturated heterocycles. The van der Waals surface area contributed by atoms with Gasteiger partial charge in [-0.3, -0.25) is 4.79 Å². The molecule has 0 aliphatic heterocycles. The van der Waals surface area contributed by atoms with Crippen molar-refractivity contribution in [1.29, 1.82) is 5.26 Å². The molecule has 0 aliphatic carbocycles. The lowest BCUT2D eigenvalue weighted by Crippen LogP contribution is -2.31. The van der Waals surface area contributed by atoms with E-state index in [2.05, 4.69) is 16.3 Å². The lowest BCUT2D eigenvalue weighted by atomic mass is 10.1. The Bertz CT molecular complexity index is 1000. The molecule has 2 N–H and O–H groups in total. The van der Waals surface area contributed by atoms with Crippen LogP contribution in [0.4, 0.5) is 6.01 Å². The third kappa shape index (κ3) is 5.25. The molecular weight excluding hydrogens is 398 g/mol. The molecule has 28 heavy (non-hydrogen) atoms. The number of hydrogen-bond acceptors (Lipinski definition) is 7. The molecule has 2 aromatic carbocycles. The number of nitrogen functional groups attached to an aromatic ring is 1. The monoisotopic (exact) mass is 413 g/mol. The number of halogens is 1. The van der Waals surface area contributed by atoms with E-state index in [-0.39, 0.29) is 30.1 Å². The molecule has 1 heterocycles. The Hall–Kier alpha value is -3.02. The molecule has 1 aromatic heterocycles. The van der Waals surface area contributed by atoms with Crippen LogP contribution in [0, 0.1) is 11.3 Å². The molecule has 142 valence electrons. The van der Waals surface area contributed by atoms with Crippen LogP contribution < -0.4 is 5.73 Å². The number of thioether (sulfide) groups is 1. The first-order valence-corrected chi connectivity index (χ1v) is 9.63. The second kappa shape index (κ2) is 9.26. The van der Waals surface area contributed by atoms with Gasteiger partial charge in [0.2, 0.25) is 11.8 Å². The summed E-state index contributed by atoms with van der Waals surface area (Å²) in [6.45, 7) is 0.460. The molecule has 3 rings (SSSR count). The van der Waals surface area contributed by atoms with Gasteiger partial charge >= 0.3 is 6.01 Å². The summed E-state index contributed by atoms with van der Waals surface area (Å²) in [7, 11) is 0. The fraction of sp³-hybridized carbons (Fsp3) is 0.158. The van der Waals surface area contributed by atoms with Gasteiger partial charge in [-0.2, -0.15) is 5.26 Å². The Kier molecular flexibility index (Phi) is 6.53. The molecule has 0 saturated carbocycles. The molecule has 0 fully saturated rings. The molecule has 1 amide bonds. The number of hydrogen-bond donors (Lipinski definition) is 1. The van der Waals surface area contributed by atoms with Gasteiger partial charge in [0, 0.05) is 11.4 Å². The molecule has 7 nitrogen and oxygen atoms in total. The number of nitrogens with two attached hydrogens (primary N) is 1. The van der Waals surface area contributed by atoms with Crippen molar-refractivity contribution in [2.45, 2.75) is 18.0 Å². The minimum atomic E-state index is -0.119. The van der Waals surface area contributed by atoms with Crippen molar-refractivity contribution in [2.75, 3.05) is 11.5 Å². The normalized spacial score (nSPS) is 10.4. The minimum Gasteiger partial charge on any atom is -0.406 e. The van der Waals surface area contributed by atoms with Crippen LogP contribution in [0.25, 0.3) is 0 Å². The van der Waals surface area contributed by atoms with E-state index in [1.165, 1.54) is 11.8 Å². The highest BCUT2D eigenvalue weighted by atomic mass is 35.5. The van der Waals surface area contributed by atoms with Crippen LogP contribution in [0.5, 0.6) is 0 Å². The number of nitriles is 1. The first-order chi connectivity index (χ1) is 13.5. The third-order valence-corrected chi connectivity index (χ3v) is 5.31. The highest BCUT2D eigenvalue weighted by Gasteiger charge is 2.18. The average molecular weight is 414 g/mol. The highest BCUT2D eigenvalue weighted by Crippen LogP contribution is 2.27. The highest BCUT2D eigenvalue weighted by molar-refractivity contribution is 8.00. The number of benzene rings is 2. The summed E-state index contributed by atoms with van der Waals surface area (Å²) in [6.07, 6.45) is 0. The van der Waals surface area contributed by atoms with E-state index in [1.807, 2.05) is 30.3 Å². The summed E-state index contributed by atoms with van der Waals surface area (Å²) in [5, 5.41) is 17.0. The predicted molar refractivity (Wildman–Crippen MR) is 106 cm³/mol. The topological polar surface area (TPSA) is 109 Å². The number of amides is 1. The summed E-state index contributed by atoms with van der Waals surface area (Å²) >= 11 is 7.52. The van der Waals surface area contributed by atoms with E-state index in [1.54, 1.807) is 23.1 Å². The fourth-order valence-electron chi connectivity index (χ4n) is 2.42. The molecule has 0 unspecified atom stereocenters. The van der Waals surface area contributed by atoms with Crippen LogP contribution in [0.2, 0.25) is 5.02 Å². The van der Waals surface area contributed by atoms with E-state index in [0.29, 0.717) is 17.1 Å². The van der Waals surface area contributed by atoms with E-state index in [0.717, 1.165) is 10.5 Å². The number of carbonyl (C=O) groups excluding carboxylic acids is 1. The summed E-state index contributed by atoms with van der Waals surface area (Å²) < 4.78 is 5.21. The van der Waals surface area contributed by atoms with Crippen molar-refractivity contribution in [2.24, 2.45) is 0 Å². The molecular formula is C19H16ClN5O2S. The smallest absolute Gasteiger partial charge is 0.312 e. The standard InChI is InChI=1S/C19H16ClN5O2S/c20-15-3-1-2-4-16(15)28-12-18(26)25(11-17-23-24-19(22)27-17)10-14-7-5-13(9-21)6-8-14/h1-8H,10-12H2,(H2,22,24). The van der Waals surface area contributed by atoms with Crippen molar-refractivity contribution in [3.63, 3.8) is 0 Å². The predicted octanol–water partition coefficient (Wildman–Crippen LogP) is 3.50. The van der Waals surface area contributed by atoms with Gasteiger partial charge in [0.1, 0.15) is 0 Å². The van der Waals surface area contributed by atoms with Crippen LogP contribution in [0.3, 0.4) is 0 Å². The first-order valence-electron chi connectivity index (χ1n) is 8.27. The SMILES string of the molecule is N#Cc1ccc(CN(Cc2nnc(N)o2)C(=O)CSc2ccccc2Cl)cc1. The number of rotatable bonds is 7. The fourth-order valence-corrected chi connectivity index (χ4v) is 3.57. The van der Waals surface area contributed by atoms with Crippen molar-refractivity contribution in [3.05, 3.63) is 70.6 Å². The van der Waals surface area contributed by atoms with Crippen LogP contribution in [0.15, 0.2) is 57.8 Å². The lowest BCUT2D eigenvalue weighted by molar-refractivity contribution is -0.129. The average Bonchev–Trinajstić information content (AvgIpc) is 3.12. The Labute approximate surface area is 171 Å². The summed E-state index contributed by atoms with van der Waals surface area (Å²) in [4.78, 5) is 15.3. The zero-order chi connectivity index (χ0) is 19.9. The molecule has 0 atom stereocenters. The number of carbonyl (C=O) groups is 1. The van der Waals surface area contributed by atoms with Crippen LogP contribution in [0.1, 0.15) is 17.0 Å². The molecule has 0 spiro atoms. The van der Waals surface area contributed by atoms with Crippen molar-refractivity contribution in [1.82, 2.24) is 15.1 Å². The zero-order valence-corrected chi connectivity index (χ0v) is 16.3. The van der Waals surface area contributed by atoms with Crippen LogP contribution in [-0.4, -0.2) is 26.8 Å². The molecule has 0 aliphatic rings. The van der Waals surface area contributed by atoms with Gasteiger partial charge in [0.05, 0.1) is 29.0 Å². The van der Waals surface area contributed by atoms with Gasteiger partial charge in [-0.05, 0) is 29.8 Å². The van der Waals surface area contributed by atoms with E-state index in [9.17, 15) is 4.79 Å². The number of nitrogens with zero attached hydrogens (tertiary/aromatic N) is 4. The molecule has 0 bridgehead atoms. The van der Waals surface area contributed by atoms with Gasteiger partial charge in [-0.1, -0.05) is 41.0 Å². The third-order valence-electron chi connectivity index (χ3n) is 3.81. The molecule has 0 radical (unpaired) electrons. The summed E-state index contributed by atoms with van der Waals surface area (Å²) in [5.74, 6) is 0.331. The van der Waals surface area contributed by atoms with Crippen LogP contribution >= 0.6 is 23.4 Å². The Balaban J connectivity index is 1.73. The largest absolute Gasteiger partial charge is 0.406 e. The van der Waals surface area contributed by atoms with Gasteiger partial charge < -0.3 is 15.1 Å². The number of aromatic nitrogens is 2. The molecule has 3 aromatic rings. The van der Waals surface area contributed by atoms with E-state index >= 15 is 0 Å². The van der Waals surface area contributed by atoms with Gasteiger partial charge in [-0.15, -0.1) is 16.9 Å². The maximum atomic E-state index is 12.9. The second-order valence-corrected chi connectivity index (χ2v) is 7.24. The summed E-state index contributed by atoms with van der Waals surface area (Å²) in [6, 6.07) is 16.4. The maximum absolute atomic E-state index is 12.9. The zero-order valence-electron chi connectivity index (χ0n) is 14.7. The van der Waals surface area contributed by atoms with E-state index in [4.69, 9.17) is 27.0 Å². The second-order valence-electron chi connectivity index (χ2n) is 5.81. The molecule has 9 heteroatoms. The summed E-state index contributed by atoms with van der Waals surface area (Å²) in [5.41, 5.74) is 6.91. The Morgan fingerprint density at radius 2 is 1.93 bits per heavy atom.